The summed E-state index contributed by atoms with van der Waals surface area (Å²) in [6.45, 7) is 2.63. The van der Waals surface area contributed by atoms with E-state index >= 15 is 0 Å². The van der Waals surface area contributed by atoms with Gasteiger partial charge >= 0.3 is 0 Å². The van der Waals surface area contributed by atoms with Crippen LogP contribution in [0.4, 0.5) is 0 Å². The van der Waals surface area contributed by atoms with Crippen LogP contribution in [0.3, 0.4) is 0 Å². The summed E-state index contributed by atoms with van der Waals surface area (Å²) in [5.41, 5.74) is 1.07. The van der Waals surface area contributed by atoms with Gasteiger partial charge in [-0.1, -0.05) is 41.4 Å². The van der Waals surface area contributed by atoms with E-state index in [9.17, 15) is 9.59 Å². The summed E-state index contributed by atoms with van der Waals surface area (Å²) >= 11 is 3.39. The Morgan fingerprint density at radius 3 is 2.26 bits per heavy atom. The van der Waals surface area contributed by atoms with E-state index in [1.165, 1.54) is 4.90 Å². The lowest BCUT2D eigenvalue weighted by atomic mass is 9.88. The number of carbonyl (C=O) groups is 2. The van der Waals surface area contributed by atoms with Crippen LogP contribution in [0.25, 0.3) is 0 Å². The molecule has 4 heteroatoms. The molecule has 1 aromatic rings. The van der Waals surface area contributed by atoms with Crippen molar-refractivity contribution in [1.29, 1.82) is 0 Å². The molecule has 2 amide bonds. The van der Waals surface area contributed by atoms with Crippen molar-refractivity contribution in [3.63, 3.8) is 0 Å². The first kappa shape index (κ1) is 14.3. The fourth-order valence-electron chi connectivity index (χ4n) is 2.39. The van der Waals surface area contributed by atoms with Crippen LogP contribution in [0.1, 0.15) is 44.1 Å². The smallest absolute Gasteiger partial charge is 0.229 e. The van der Waals surface area contributed by atoms with Crippen molar-refractivity contribution in [1.82, 2.24) is 4.90 Å². The van der Waals surface area contributed by atoms with Crippen LogP contribution in [-0.2, 0) is 9.59 Å². The molecule has 0 radical (unpaired) electrons. The zero-order valence-electron chi connectivity index (χ0n) is 11.1. The second-order valence-corrected chi connectivity index (χ2v) is 5.87. The van der Waals surface area contributed by atoms with E-state index in [4.69, 9.17) is 0 Å². The molecule has 0 atom stereocenters. The predicted molar refractivity (Wildman–Crippen MR) is 77.7 cm³/mol. The molecule has 0 bridgehead atoms. The molecule has 0 spiro atoms. The van der Waals surface area contributed by atoms with Crippen molar-refractivity contribution in [2.45, 2.75) is 38.5 Å². The fourth-order valence-corrected chi connectivity index (χ4v) is 2.65. The van der Waals surface area contributed by atoms with Crippen molar-refractivity contribution in [2.75, 3.05) is 6.54 Å². The highest BCUT2D eigenvalue weighted by Crippen LogP contribution is 2.30. The molecule has 0 aliphatic carbocycles. The number of likely N-dealkylation sites (tertiary alicyclic amines) is 1. The Morgan fingerprint density at radius 2 is 1.74 bits per heavy atom. The Balaban J connectivity index is 2.06. The number of hydrogen-bond acceptors (Lipinski definition) is 2. The quantitative estimate of drug-likeness (QED) is 0.795. The maximum atomic E-state index is 12.1. The summed E-state index contributed by atoms with van der Waals surface area (Å²) in [6.07, 6.45) is 2.77. The van der Waals surface area contributed by atoms with E-state index in [0.717, 1.165) is 22.9 Å². The van der Waals surface area contributed by atoms with Crippen LogP contribution in [0.5, 0.6) is 0 Å². The Bertz CT molecular complexity index is 452. The number of halogens is 1. The standard InChI is InChI=1S/C15H18BrNO2/c1-2-3-8-17-14(18)9-12(10-15(17)19)11-4-6-13(16)7-5-11/h4-7,12H,2-3,8-10H2,1H3. The van der Waals surface area contributed by atoms with Crippen molar-refractivity contribution in [2.24, 2.45) is 0 Å². The monoisotopic (exact) mass is 323 g/mol. The van der Waals surface area contributed by atoms with Crippen molar-refractivity contribution in [3.8, 4) is 0 Å². The van der Waals surface area contributed by atoms with Crippen LogP contribution in [0.15, 0.2) is 28.7 Å². The molecule has 1 heterocycles. The van der Waals surface area contributed by atoms with Gasteiger partial charge in [-0.05, 0) is 24.1 Å². The summed E-state index contributed by atoms with van der Waals surface area (Å²) in [4.78, 5) is 25.5. The third kappa shape index (κ3) is 3.44. The topological polar surface area (TPSA) is 37.4 Å². The number of unbranched alkanes of at least 4 members (excludes halogenated alkanes) is 1. The van der Waals surface area contributed by atoms with E-state index < -0.39 is 0 Å². The van der Waals surface area contributed by atoms with Gasteiger partial charge in [0.1, 0.15) is 0 Å². The summed E-state index contributed by atoms with van der Waals surface area (Å²) in [5, 5.41) is 0. The number of amides is 2. The van der Waals surface area contributed by atoms with Gasteiger partial charge in [0.2, 0.25) is 11.8 Å². The lowest BCUT2D eigenvalue weighted by molar-refractivity contribution is -0.148. The van der Waals surface area contributed by atoms with Gasteiger partial charge in [-0.2, -0.15) is 0 Å². The Labute approximate surface area is 122 Å². The minimum absolute atomic E-state index is 0.0300. The SMILES string of the molecule is CCCCN1C(=O)CC(c2ccc(Br)cc2)CC1=O. The summed E-state index contributed by atoms with van der Waals surface area (Å²) in [6, 6.07) is 7.87. The molecule has 0 saturated carbocycles. The Morgan fingerprint density at radius 1 is 1.16 bits per heavy atom. The molecule has 1 fully saturated rings. The Hall–Kier alpha value is -1.16. The number of hydrogen-bond donors (Lipinski definition) is 0. The molecule has 19 heavy (non-hydrogen) atoms. The summed E-state index contributed by atoms with van der Waals surface area (Å²) in [7, 11) is 0. The lowest BCUT2D eigenvalue weighted by Gasteiger charge is -2.30. The van der Waals surface area contributed by atoms with Gasteiger partial charge in [0, 0.05) is 29.8 Å². The van der Waals surface area contributed by atoms with Crippen LogP contribution in [-0.4, -0.2) is 23.3 Å². The summed E-state index contributed by atoms with van der Waals surface area (Å²) < 4.78 is 1.01. The largest absolute Gasteiger partial charge is 0.283 e. The Kier molecular flexibility index (Phi) is 4.75. The molecule has 1 aliphatic heterocycles. The minimum atomic E-state index is -0.0300. The normalized spacial score (nSPS) is 17.1. The van der Waals surface area contributed by atoms with Gasteiger partial charge in [-0.25, -0.2) is 0 Å². The number of carbonyl (C=O) groups excluding carboxylic acids is 2. The first-order chi connectivity index (χ1) is 9.11. The third-order valence-electron chi connectivity index (χ3n) is 3.52. The van der Waals surface area contributed by atoms with Gasteiger partial charge in [-0.3, -0.25) is 14.5 Å². The maximum Gasteiger partial charge on any atom is 0.229 e. The molecule has 0 unspecified atom stereocenters. The van der Waals surface area contributed by atoms with Crippen molar-refractivity contribution >= 4 is 27.7 Å². The van der Waals surface area contributed by atoms with Gasteiger partial charge in [0.05, 0.1) is 0 Å². The number of imide groups is 1. The zero-order chi connectivity index (χ0) is 13.8. The fraction of sp³-hybridized carbons (Fsp3) is 0.467. The molecular weight excluding hydrogens is 306 g/mol. The van der Waals surface area contributed by atoms with Gasteiger partial charge in [0.15, 0.2) is 0 Å². The van der Waals surface area contributed by atoms with Crippen molar-refractivity contribution in [3.05, 3.63) is 34.3 Å². The third-order valence-corrected chi connectivity index (χ3v) is 4.05. The highest BCUT2D eigenvalue weighted by atomic mass is 79.9. The molecule has 1 aliphatic rings. The second-order valence-electron chi connectivity index (χ2n) is 4.95. The number of nitrogens with zero attached hydrogens (tertiary/aromatic N) is 1. The van der Waals surface area contributed by atoms with E-state index in [2.05, 4.69) is 22.9 Å². The zero-order valence-corrected chi connectivity index (χ0v) is 12.6. The molecule has 102 valence electrons. The van der Waals surface area contributed by atoms with Crippen LogP contribution in [0.2, 0.25) is 0 Å². The van der Waals surface area contributed by atoms with Crippen LogP contribution >= 0.6 is 15.9 Å². The number of piperidine rings is 1. The van der Waals surface area contributed by atoms with Gasteiger partial charge in [-0.15, -0.1) is 0 Å². The van der Waals surface area contributed by atoms with E-state index in [0.29, 0.717) is 19.4 Å². The highest BCUT2D eigenvalue weighted by Gasteiger charge is 2.32. The molecule has 0 aromatic heterocycles. The number of benzene rings is 1. The average Bonchev–Trinajstić information content (AvgIpc) is 2.38. The molecule has 3 nitrogen and oxygen atoms in total. The van der Waals surface area contributed by atoms with Crippen molar-refractivity contribution < 1.29 is 9.59 Å². The highest BCUT2D eigenvalue weighted by molar-refractivity contribution is 9.10. The first-order valence-electron chi connectivity index (χ1n) is 6.70. The molecule has 1 saturated heterocycles. The van der Waals surface area contributed by atoms with Crippen LogP contribution < -0.4 is 0 Å². The molecule has 1 aromatic carbocycles. The predicted octanol–water partition coefficient (Wildman–Crippen LogP) is 3.48. The molecule has 0 N–H and O–H groups in total. The first-order valence-corrected chi connectivity index (χ1v) is 7.49. The summed E-state index contributed by atoms with van der Waals surface area (Å²) in [5.74, 6) is -0.0267. The van der Waals surface area contributed by atoms with E-state index in [-0.39, 0.29) is 17.7 Å². The van der Waals surface area contributed by atoms with Gasteiger partial charge < -0.3 is 0 Å². The molecule has 2 rings (SSSR count). The minimum Gasteiger partial charge on any atom is -0.283 e. The number of rotatable bonds is 4. The maximum absolute atomic E-state index is 12.1. The van der Waals surface area contributed by atoms with Crippen LogP contribution in [0, 0.1) is 0 Å². The lowest BCUT2D eigenvalue weighted by Crippen LogP contribution is -2.43. The average molecular weight is 324 g/mol. The van der Waals surface area contributed by atoms with E-state index in [1.54, 1.807) is 0 Å². The molecular formula is C15H18BrNO2. The second kappa shape index (κ2) is 6.33. The van der Waals surface area contributed by atoms with E-state index in [1.807, 2.05) is 24.3 Å². The van der Waals surface area contributed by atoms with Gasteiger partial charge in [0.25, 0.3) is 0 Å².